The molecule has 1 atom stereocenters. The van der Waals surface area contributed by atoms with Crippen LogP contribution in [0.1, 0.15) is 65.7 Å². The maximum absolute atomic E-state index is 11.3. The van der Waals surface area contributed by atoms with Crippen LogP contribution in [0, 0.1) is 0 Å². The molecule has 0 N–H and O–H groups in total. The first-order valence-electron chi connectivity index (χ1n) is 5.94. The largest absolute Gasteiger partial charge is 0.462 e. The number of hydrogen-bond acceptors (Lipinski definition) is 2. The van der Waals surface area contributed by atoms with Gasteiger partial charge < -0.3 is 4.74 Å². The van der Waals surface area contributed by atoms with Crippen LogP contribution in [-0.4, -0.2) is 12.1 Å². The van der Waals surface area contributed by atoms with Gasteiger partial charge in [-0.05, 0) is 19.3 Å². The summed E-state index contributed by atoms with van der Waals surface area (Å²) in [6.07, 6.45) is 7.02. The van der Waals surface area contributed by atoms with Crippen LogP contribution in [0.15, 0.2) is 0 Å². The van der Waals surface area contributed by atoms with E-state index in [1.165, 1.54) is 6.42 Å². The van der Waals surface area contributed by atoms with E-state index < -0.39 is 0 Å². The standard InChI is InChI=1S/C12H24O2/c1-4-7-9-11(6-3)14-12(13)10-8-5-2/h11H,4-10H2,1-3H3. The van der Waals surface area contributed by atoms with Crippen LogP contribution in [0.2, 0.25) is 0 Å². The number of rotatable bonds is 8. The lowest BCUT2D eigenvalue weighted by Gasteiger charge is -2.15. The zero-order valence-corrected chi connectivity index (χ0v) is 9.84. The molecule has 0 bridgehead atoms. The molecule has 0 aliphatic heterocycles. The molecule has 0 aliphatic carbocycles. The third kappa shape index (κ3) is 6.93. The predicted octanol–water partition coefficient (Wildman–Crippen LogP) is 3.69. The molecule has 0 radical (unpaired) electrons. The summed E-state index contributed by atoms with van der Waals surface area (Å²) in [6.45, 7) is 6.32. The van der Waals surface area contributed by atoms with Crippen molar-refractivity contribution < 1.29 is 9.53 Å². The lowest BCUT2D eigenvalue weighted by molar-refractivity contribution is -0.149. The van der Waals surface area contributed by atoms with E-state index in [9.17, 15) is 4.79 Å². The van der Waals surface area contributed by atoms with Crippen molar-refractivity contribution in [3.8, 4) is 0 Å². The first-order chi connectivity index (χ1) is 6.74. The first-order valence-corrected chi connectivity index (χ1v) is 5.94. The smallest absolute Gasteiger partial charge is 0.306 e. The van der Waals surface area contributed by atoms with Gasteiger partial charge >= 0.3 is 5.97 Å². The van der Waals surface area contributed by atoms with E-state index in [1.807, 2.05) is 0 Å². The fourth-order valence-corrected chi connectivity index (χ4v) is 1.34. The quantitative estimate of drug-likeness (QED) is 0.558. The lowest BCUT2D eigenvalue weighted by Crippen LogP contribution is -2.17. The van der Waals surface area contributed by atoms with Crippen molar-refractivity contribution in [1.29, 1.82) is 0 Å². The Bertz CT molecular complexity index is 143. The second-order valence-electron chi connectivity index (χ2n) is 3.77. The zero-order chi connectivity index (χ0) is 10.8. The summed E-state index contributed by atoms with van der Waals surface area (Å²) in [5.41, 5.74) is 0. The Balaban J connectivity index is 3.62. The fraction of sp³-hybridized carbons (Fsp3) is 0.917. The molecule has 0 saturated carbocycles. The van der Waals surface area contributed by atoms with Gasteiger partial charge in [-0.2, -0.15) is 0 Å². The summed E-state index contributed by atoms with van der Waals surface area (Å²) in [6, 6.07) is 0. The summed E-state index contributed by atoms with van der Waals surface area (Å²) >= 11 is 0. The van der Waals surface area contributed by atoms with Crippen LogP contribution >= 0.6 is 0 Å². The molecular formula is C12H24O2. The van der Waals surface area contributed by atoms with Gasteiger partial charge in [-0.25, -0.2) is 0 Å². The van der Waals surface area contributed by atoms with E-state index in [4.69, 9.17) is 4.74 Å². The minimum atomic E-state index is -0.0187. The lowest BCUT2D eigenvalue weighted by atomic mass is 10.1. The number of ether oxygens (including phenoxy) is 1. The summed E-state index contributed by atoms with van der Waals surface area (Å²) in [4.78, 5) is 11.3. The van der Waals surface area contributed by atoms with Crippen LogP contribution in [0.4, 0.5) is 0 Å². The number of unbranched alkanes of at least 4 members (excludes halogenated alkanes) is 2. The zero-order valence-electron chi connectivity index (χ0n) is 9.84. The van der Waals surface area contributed by atoms with Crippen molar-refractivity contribution in [1.82, 2.24) is 0 Å². The minimum absolute atomic E-state index is 0.0187. The minimum Gasteiger partial charge on any atom is -0.462 e. The highest BCUT2D eigenvalue weighted by atomic mass is 16.5. The van der Waals surface area contributed by atoms with E-state index in [0.717, 1.165) is 32.1 Å². The Morgan fingerprint density at radius 3 is 2.29 bits per heavy atom. The molecule has 0 aliphatic rings. The molecule has 0 rings (SSSR count). The Kier molecular flexibility index (Phi) is 8.70. The fourth-order valence-electron chi connectivity index (χ4n) is 1.34. The summed E-state index contributed by atoms with van der Waals surface area (Å²) in [5.74, 6) is -0.0187. The average molecular weight is 200 g/mol. The number of carbonyl (C=O) groups is 1. The van der Waals surface area contributed by atoms with Gasteiger partial charge in [0.25, 0.3) is 0 Å². The van der Waals surface area contributed by atoms with E-state index in [-0.39, 0.29) is 12.1 Å². The van der Waals surface area contributed by atoms with Crippen molar-refractivity contribution in [3.63, 3.8) is 0 Å². The highest BCUT2D eigenvalue weighted by Gasteiger charge is 2.10. The molecule has 0 spiro atoms. The van der Waals surface area contributed by atoms with E-state index in [1.54, 1.807) is 0 Å². The molecule has 0 aromatic rings. The van der Waals surface area contributed by atoms with E-state index in [2.05, 4.69) is 20.8 Å². The normalized spacial score (nSPS) is 12.5. The topological polar surface area (TPSA) is 26.3 Å². The SMILES string of the molecule is CCCCC(=O)OC(CC)CCCC. The van der Waals surface area contributed by atoms with Crippen molar-refractivity contribution in [2.75, 3.05) is 0 Å². The second-order valence-corrected chi connectivity index (χ2v) is 3.77. The van der Waals surface area contributed by atoms with Crippen molar-refractivity contribution >= 4 is 5.97 Å². The Hall–Kier alpha value is -0.530. The number of hydrogen-bond donors (Lipinski definition) is 0. The third-order valence-electron chi connectivity index (χ3n) is 2.37. The monoisotopic (exact) mass is 200 g/mol. The molecule has 2 nitrogen and oxygen atoms in total. The van der Waals surface area contributed by atoms with Gasteiger partial charge in [0.1, 0.15) is 6.10 Å². The molecule has 0 amide bonds. The maximum Gasteiger partial charge on any atom is 0.306 e. The molecule has 1 unspecified atom stereocenters. The molecule has 2 heteroatoms. The average Bonchev–Trinajstić information content (AvgIpc) is 2.21. The summed E-state index contributed by atoms with van der Waals surface area (Å²) in [7, 11) is 0. The Morgan fingerprint density at radius 2 is 1.79 bits per heavy atom. The molecule has 84 valence electrons. The van der Waals surface area contributed by atoms with Crippen molar-refractivity contribution in [2.45, 2.75) is 71.8 Å². The van der Waals surface area contributed by atoms with Crippen LogP contribution < -0.4 is 0 Å². The molecule has 0 heterocycles. The van der Waals surface area contributed by atoms with Gasteiger partial charge in [0.15, 0.2) is 0 Å². The molecule has 0 aromatic heterocycles. The van der Waals surface area contributed by atoms with Gasteiger partial charge in [0.05, 0.1) is 0 Å². The summed E-state index contributed by atoms with van der Waals surface area (Å²) < 4.78 is 5.36. The number of esters is 1. The first kappa shape index (κ1) is 13.5. The molecule has 0 aromatic carbocycles. The van der Waals surface area contributed by atoms with Crippen LogP contribution in [-0.2, 0) is 9.53 Å². The Morgan fingerprint density at radius 1 is 1.14 bits per heavy atom. The molecule has 0 fully saturated rings. The molecular weight excluding hydrogens is 176 g/mol. The van der Waals surface area contributed by atoms with Crippen LogP contribution in [0.3, 0.4) is 0 Å². The third-order valence-corrected chi connectivity index (χ3v) is 2.37. The van der Waals surface area contributed by atoms with Gasteiger partial charge in [-0.15, -0.1) is 0 Å². The molecule has 0 saturated heterocycles. The molecule has 14 heavy (non-hydrogen) atoms. The van der Waals surface area contributed by atoms with Crippen LogP contribution in [0.5, 0.6) is 0 Å². The predicted molar refractivity (Wildman–Crippen MR) is 59.2 cm³/mol. The van der Waals surface area contributed by atoms with Crippen molar-refractivity contribution in [3.05, 3.63) is 0 Å². The van der Waals surface area contributed by atoms with Crippen molar-refractivity contribution in [2.24, 2.45) is 0 Å². The van der Waals surface area contributed by atoms with Gasteiger partial charge in [0.2, 0.25) is 0 Å². The van der Waals surface area contributed by atoms with E-state index in [0.29, 0.717) is 6.42 Å². The van der Waals surface area contributed by atoms with Gasteiger partial charge in [-0.1, -0.05) is 40.0 Å². The Labute approximate surface area is 88.0 Å². The highest BCUT2D eigenvalue weighted by Crippen LogP contribution is 2.10. The van der Waals surface area contributed by atoms with Gasteiger partial charge in [-0.3, -0.25) is 4.79 Å². The summed E-state index contributed by atoms with van der Waals surface area (Å²) in [5, 5.41) is 0. The number of carbonyl (C=O) groups excluding carboxylic acids is 1. The van der Waals surface area contributed by atoms with Crippen LogP contribution in [0.25, 0.3) is 0 Å². The van der Waals surface area contributed by atoms with Gasteiger partial charge in [0, 0.05) is 6.42 Å². The second kappa shape index (κ2) is 9.04. The maximum atomic E-state index is 11.3. The van der Waals surface area contributed by atoms with E-state index >= 15 is 0 Å². The highest BCUT2D eigenvalue weighted by molar-refractivity contribution is 5.69.